The SMILES string of the molecule is Cc1csc(Nc2cccc(NS(=O)(=O)c3cc(F)cc(F)c3)c2)n1. The number of hydrogen-bond donors (Lipinski definition) is 2. The fourth-order valence-corrected chi connectivity index (χ4v) is 3.89. The molecular formula is C16H13F2N3O2S2. The fourth-order valence-electron chi connectivity index (χ4n) is 2.09. The van der Waals surface area contributed by atoms with Gasteiger partial charge >= 0.3 is 0 Å². The van der Waals surface area contributed by atoms with Crippen molar-refractivity contribution in [2.75, 3.05) is 10.0 Å². The number of sulfonamides is 1. The molecule has 5 nitrogen and oxygen atoms in total. The molecule has 2 N–H and O–H groups in total. The Morgan fingerprint density at radius 2 is 1.72 bits per heavy atom. The molecule has 0 fully saturated rings. The lowest BCUT2D eigenvalue weighted by Gasteiger charge is -2.10. The van der Waals surface area contributed by atoms with E-state index in [9.17, 15) is 17.2 Å². The van der Waals surface area contributed by atoms with E-state index in [1.807, 2.05) is 12.3 Å². The molecule has 130 valence electrons. The molecule has 0 spiro atoms. The van der Waals surface area contributed by atoms with Gasteiger partial charge in [0.2, 0.25) is 0 Å². The van der Waals surface area contributed by atoms with E-state index in [1.54, 1.807) is 18.2 Å². The molecule has 0 atom stereocenters. The second-order valence-corrected chi connectivity index (χ2v) is 7.75. The van der Waals surface area contributed by atoms with Gasteiger partial charge in [-0.15, -0.1) is 11.3 Å². The zero-order valence-corrected chi connectivity index (χ0v) is 14.6. The van der Waals surface area contributed by atoms with E-state index in [1.165, 1.54) is 17.4 Å². The summed E-state index contributed by atoms with van der Waals surface area (Å²) in [5, 5.41) is 5.61. The summed E-state index contributed by atoms with van der Waals surface area (Å²) < 4.78 is 53.4. The van der Waals surface area contributed by atoms with Crippen LogP contribution in [0.3, 0.4) is 0 Å². The number of aromatic nitrogens is 1. The molecule has 0 aliphatic carbocycles. The van der Waals surface area contributed by atoms with Gasteiger partial charge in [-0.2, -0.15) is 0 Å². The fraction of sp³-hybridized carbons (Fsp3) is 0.0625. The Kier molecular flexibility index (Phi) is 4.69. The van der Waals surface area contributed by atoms with Gasteiger partial charge < -0.3 is 5.32 Å². The van der Waals surface area contributed by atoms with Crippen LogP contribution in [0.5, 0.6) is 0 Å². The molecule has 0 aliphatic rings. The number of hydrogen-bond acceptors (Lipinski definition) is 5. The Hall–Kier alpha value is -2.52. The maximum absolute atomic E-state index is 13.3. The lowest BCUT2D eigenvalue weighted by Crippen LogP contribution is -2.13. The van der Waals surface area contributed by atoms with E-state index < -0.39 is 26.6 Å². The minimum absolute atomic E-state index is 0.253. The first kappa shape index (κ1) is 17.3. The molecule has 3 rings (SSSR count). The van der Waals surface area contributed by atoms with E-state index in [4.69, 9.17) is 0 Å². The van der Waals surface area contributed by atoms with Crippen LogP contribution in [-0.4, -0.2) is 13.4 Å². The molecule has 0 amide bonds. The van der Waals surface area contributed by atoms with Gasteiger partial charge in [0.05, 0.1) is 16.3 Å². The van der Waals surface area contributed by atoms with Gasteiger partial charge in [0.1, 0.15) is 11.6 Å². The predicted octanol–water partition coefficient (Wildman–Crippen LogP) is 4.27. The number of rotatable bonds is 5. The monoisotopic (exact) mass is 381 g/mol. The van der Waals surface area contributed by atoms with Crippen LogP contribution in [0, 0.1) is 18.6 Å². The summed E-state index contributed by atoms with van der Waals surface area (Å²) >= 11 is 1.42. The molecule has 1 heterocycles. The summed E-state index contributed by atoms with van der Waals surface area (Å²) in [6.45, 7) is 1.87. The van der Waals surface area contributed by atoms with Gasteiger partial charge in [0.15, 0.2) is 5.13 Å². The van der Waals surface area contributed by atoms with E-state index >= 15 is 0 Å². The Bertz CT molecular complexity index is 999. The largest absolute Gasteiger partial charge is 0.331 e. The zero-order valence-electron chi connectivity index (χ0n) is 13.0. The molecule has 25 heavy (non-hydrogen) atoms. The maximum atomic E-state index is 13.3. The van der Waals surface area contributed by atoms with Crippen LogP contribution < -0.4 is 10.0 Å². The van der Waals surface area contributed by atoms with Crippen LogP contribution in [0.4, 0.5) is 25.3 Å². The number of nitrogens with zero attached hydrogens (tertiary/aromatic N) is 1. The molecule has 0 unspecified atom stereocenters. The molecule has 0 radical (unpaired) electrons. The van der Waals surface area contributed by atoms with Crippen molar-refractivity contribution in [2.45, 2.75) is 11.8 Å². The second kappa shape index (κ2) is 6.77. The minimum atomic E-state index is -4.11. The molecule has 0 saturated heterocycles. The van der Waals surface area contributed by atoms with Gasteiger partial charge in [0, 0.05) is 17.1 Å². The molecule has 2 aromatic carbocycles. The topological polar surface area (TPSA) is 71.1 Å². The van der Waals surface area contributed by atoms with Crippen LogP contribution in [0.2, 0.25) is 0 Å². The Morgan fingerprint density at radius 1 is 1.04 bits per heavy atom. The van der Waals surface area contributed by atoms with Crippen LogP contribution in [-0.2, 0) is 10.0 Å². The molecule has 9 heteroatoms. The van der Waals surface area contributed by atoms with Crippen molar-refractivity contribution in [3.8, 4) is 0 Å². The van der Waals surface area contributed by atoms with Crippen molar-refractivity contribution in [1.29, 1.82) is 0 Å². The second-order valence-electron chi connectivity index (χ2n) is 5.21. The minimum Gasteiger partial charge on any atom is -0.331 e. The lowest BCUT2D eigenvalue weighted by molar-refractivity contribution is 0.568. The number of thiazole rings is 1. The first-order valence-corrected chi connectivity index (χ1v) is 9.46. The summed E-state index contributed by atoms with van der Waals surface area (Å²) in [4.78, 5) is 3.78. The summed E-state index contributed by atoms with van der Waals surface area (Å²) in [5.41, 5.74) is 1.75. The van der Waals surface area contributed by atoms with E-state index in [-0.39, 0.29) is 5.69 Å². The van der Waals surface area contributed by atoms with Crippen molar-refractivity contribution in [2.24, 2.45) is 0 Å². The van der Waals surface area contributed by atoms with Crippen molar-refractivity contribution >= 4 is 37.9 Å². The zero-order chi connectivity index (χ0) is 18.0. The highest BCUT2D eigenvalue weighted by molar-refractivity contribution is 7.92. The third-order valence-corrected chi connectivity index (χ3v) is 5.37. The standard InChI is InChI=1S/C16H13F2N3O2S2/c1-10-9-24-16(19-10)20-13-3-2-4-14(8-13)21-25(22,23)15-6-11(17)5-12(18)7-15/h2-9,21H,1H3,(H,19,20). The molecule has 0 aliphatic heterocycles. The quantitative estimate of drug-likeness (QED) is 0.692. The first-order valence-electron chi connectivity index (χ1n) is 7.10. The number of halogens is 2. The van der Waals surface area contributed by atoms with Crippen LogP contribution in [0.15, 0.2) is 52.7 Å². The number of benzene rings is 2. The first-order chi connectivity index (χ1) is 11.8. The normalized spacial score (nSPS) is 11.3. The van der Waals surface area contributed by atoms with Gasteiger partial charge in [0.25, 0.3) is 10.0 Å². The molecule has 3 aromatic rings. The summed E-state index contributed by atoms with van der Waals surface area (Å²) in [7, 11) is -4.11. The van der Waals surface area contributed by atoms with E-state index in [0.717, 1.165) is 17.8 Å². The Balaban J connectivity index is 1.83. The van der Waals surface area contributed by atoms with Crippen molar-refractivity contribution < 1.29 is 17.2 Å². The predicted molar refractivity (Wildman–Crippen MR) is 93.7 cm³/mol. The van der Waals surface area contributed by atoms with Crippen molar-refractivity contribution in [3.05, 3.63) is 65.2 Å². The van der Waals surface area contributed by atoms with Crippen LogP contribution in [0.1, 0.15) is 5.69 Å². The Morgan fingerprint density at radius 3 is 2.36 bits per heavy atom. The van der Waals surface area contributed by atoms with Gasteiger partial charge in [-0.1, -0.05) is 6.07 Å². The molecule has 0 saturated carbocycles. The average Bonchev–Trinajstić information content (AvgIpc) is 2.91. The summed E-state index contributed by atoms with van der Waals surface area (Å²) in [6.07, 6.45) is 0. The highest BCUT2D eigenvalue weighted by Crippen LogP contribution is 2.24. The summed E-state index contributed by atoms with van der Waals surface area (Å²) in [6, 6.07) is 8.61. The van der Waals surface area contributed by atoms with Gasteiger partial charge in [-0.3, -0.25) is 4.72 Å². The molecule has 1 aromatic heterocycles. The van der Waals surface area contributed by atoms with Crippen molar-refractivity contribution in [1.82, 2.24) is 4.98 Å². The number of aryl methyl sites for hydroxylation is 1. The van der Waals surface area contributed by atoms with E-state index in [0.29, 0.717) is 16.9 Å². The van der Waals surface area contributed by atoms with Gasteiger partial charge in [-0.05, 0) is 37.3 Å². The average molecular weight is 381 g/mol. The van der Waals surface area contributed by atoms with Crippen LogP contribution >= 0.6 is 11.3 Å². The molecular weight excluding hydrogens is 368 g/mol. The maximum Gasteiger partial charge on any atom is 0.262 e. The third kappa shape index (κ3) is 4.31. The Labute approximate surface area is 147 Å². The lowest BCUT2D eigenvalue weighted by atomic mass is 10.3. The molecule has 0 bridgehead atoms. The number of anilines is 3. The highest BCUT2D eigenvalue weighted by Gasteiger charge is 2.17. The number of nitrogens with one attached hydrogen (secondary N) is 2. The smallest absolute Gasteiger partial charge is 0.262 e. The van der Waals surface area contributed by atoms with Crippen LogP contribution in [0.25, 0.3) is 0 Å². The summed E-state index contributed by atoms with van der Waals surface area (Å²) in [5.74, 6) is -1.93. The third-order valence-electron chi connectivity index (χ3n) is 3.13. The van der Waals surface area contributed by atoms with Crippen molar-refractivity contribution in [3.63, 3.8) is 0 Å². The van der Waals surface area contributed by atoms with E-state index in [2.05, 4.69) is 15.0 Å². The van der Waals surface area contributed by atoms with Gasteiger partial charge in [-0.25, -0.2) is 22.2 Å². The highest BCUT2D eigenvalue weighted by atomic mass is 32.2.